The summed E-state index contributed by atoms with van der Waals surface area (Å²) in [6, 6.07) is 8.39. The van der Waals surface area contributed by atoms with Crippen LogP contribution in [0.15, 0.2) is 29.6 Å². The van der Waals surface area contributed by atoms with E-state index < -0.39 is 0 Å². The predicted molar refractivity (Wildman–Crippen MR) is 82.7 cm³/mol. The summed E-state index contributed by atoms with van der Waals surface area (Å²) in [6.45, 7) is 3.10. The first-order chi connectivity index (χ1) is 9.72. The summed E-state index contributed by atoms with van der Waals surface area (Å²) in [7, 11) is 0. The van der Waals surface area contributed by atoms with Gasteiger partial charge in [-0.1, -0.05) is 31.2 Å². The lowest BCUT2D eigenvalue weighted by molar-refractivity contribution is -0.120. The summed E-state index contributed by atoms with van der Waals surface area (Å²) >= 11 is 1.57. The molecule has 0 aliphatic heterocycles. The number of amides is 1. The van der Waals surface area contributed by atoms with E-state index >= 15 is 0 Å². The number of hydrogen-bond donors (Lipinski definition) is 2. The van der Waals surface area contributed by atoms with Crippen molar-refractivity contribution in [2.45, 2.75) is 19.8 Å². The van der Waals surface area contributed by atoms with Gasteiger partial charge in [0.15, 0.2) is 0 Å². The van der Waals surface area contributed by atoms with Gasteiger partial charge < -0.3 is 11.1 Å². The maximum Gasteiger partial charge on any atom is 0.226 e. The Bertz CT molecular complexity index is 563. The summed E-state index contributed by atoms with van der Waals surface area (Å²) < 4.78 is 0. The monoisotopic (exact) mass is 289 g/mol. The molecule has 0 saturated carbocycles. The maximum atomic E-state index is 11.6. The van der Waals surface area contributed by atoms with E-state index in [4.69, 9.17) is 5.73 Å². The fraction of sp³-hybridized carbons (Fsp3) is 0.333. The molecule has 0 spiro atoms. The highest BCUT2D eigenvalue weighted by Crippen LogP contribution is 2.24. The minimum absolute atomic E-state index is 0.0337. The molecule has 0 bridgehead atoms. The van der Waals surface area contributed by atoms with Gasteiger partial charge in [0.05, 0.1) is 12.1 Å². The molecule has 1 aromatic heterocycles. The largest absolute Gasteiger partial charge is 0.354 e. The molecule has 5 heteroatoms. The highest BCUT2D eigenvalue weighted by atomic mass is 32.1. The van der Waals surface area contributed by atoms with Crippen molar-refractivity contribution in [2.24, 2.45) is 5.73 Å². The molecule has 0 aliphatic rings. The van der Waals surface area contributed by atoms with Crippen LogP contribution in [0.5, 0.6) is 0 Å². The number of carbonyl (C=O) groups is 1. The van der Waals surface area contributed by atoms with Crippen molar-refractivity contribution in [3.63, 3.8) is 0 Å². The zero-order valence-corrected chi connectivity index (χ0v) is 12.4. The standard InChI is InChI=1S/C15H19N3OS/c1-2-11-3-5-12(6-4-11)15-18-13(10-20-15)9-14(19)17-8-7-16/h3-6,10H,2,7-9,16H2,1H3,(H,17,19). The summed E-state index contributed by atoms with van der Waals surface area (Å²) in [5.41, 5.74) is 8.56. The van der Waals surface area contributed by atoms with Crippen molar-refractivity contribution in [2.75, 3.05) is 13.1 Å². The maximum absolute atomic E-state index is 11.6. The van der Waals surface area contributed by atoms with E-state index in [1.165, 1.54) is 5.56 Å². The van der Waals surface area contributed by atoms with Gasteiger partial charge in [-0.3, -0.25) is 4.79 Å². The van der Waals surface area contributed by atoms with Crippen LogP contribution in [-0.4, -0.2) is 24.0 Å². The average Bonchev–Trinajstić information content (AvgIpc) is 2.93. The Morgan fingerprint density at radius 1 is 1.35 bits per heavy atom. The van der Waals surface area contributed by atoms with E-state index in [1.54, 1.807) is 11.3 Å². The van der Waals surface area contributed by atoms with Gasteiger partial charge in [0, 0.05) is 24.0 Å². The van der Waals surface area contributed by atoms with E-state index in [0.29, 0.717) is 19.5 Å². The molecule has 0 unspecified atom stereocenters. The Balaban J connectivity index is 2.02. The van der Waals surface area contributed by atoms with Crippen LogP contribution in [0, 0.1) is 0 Å². The number of nitrogens with zero attached hydrogens (tertiary/aromatic N) is 1. The molecule has 2 aromatic rings. The number of hydrogen-bond acceptors (Lipinski definition) is 4. The van der Waals surface area contributed by atoms with Crippen LogP contribution >= 0.6 is 11.3 Å². The van der Waals surface area contributed by atoms with Crippen LogP contribution in [0.1, 0.15) is 18.2 Å². The van der Waals surface area contributed by atoms with Crippen LogP contribution in [0.2, 0.25) is 0 Å². The lowest BCUT2D eigenvalue weighted by atomic mass is 10.1. The Hall–Kier alpha value is -1.72. The van der Waals surface area contributed by atoms with Gasteiger partial charge in [0.2, 0.25) is 5.91 Å². The van der Waals surface area contributed by atoms with Gasteiger partial charge in [-0.05, 0) is 12.0 Å². The van der Waals surface area contributed by atoms with Crippen LogP contribution in [-0.2, 0) is 17.6 Å². The average molecular weight is 289 g/mol. The highest BCUT2D eigenvalue weighted by molar-refractivity contribution is 7.13. The predicted octanol–water partition coefficient (Wildman–Crippen LogP) is 1.99. The van der Waals surface area contributed by atoms with Crippen molar-refractivity contribution in [3.8, 4) is 10.6 Å². The highest BCUT2D eigenvalue weighted by Gasteiger charge is 2.08. The summed E-state index contributed by atoms with van der Waals surface area (Å²) in [6.07, 6.45) is 1.34. The number of benzene rings is 1. The first kappa shape index (κ1) is 14.7. The summed E-state index contributed by atoms with van der Waals surface area (Å²) in [5, 5.41) is 5.63. The van der Waals surface area contributed by atoms with Crippen molar-refractivity contribution in [1.82, 2.24) is 10.3 Å². The molecule has 0 aliphatic carbocycles. The molecule has 1 aromatic carbocycles. The topological polar surface area (TPSA) is 68.0 Å². The van der Waals surface area contributed by atoms with E-state index in [1.807, 2.05) is 5.38 Å². The molecule has 1 heterocycles. The van der Waals surface area contributed by atoms with Crippen molar-refractivity contribution < 1.29 is 4.79 Å². The number of nitrogens with one attached hydrogen (secondary N) is 1. The minimum atomic E-state index is -0.0337. The van der Waals surface area contributed by atoms with E-state index in [-0.39, 0.29) is 5.91 Å². The summed E-state index contributed by atoms with van der Waals surface area (Å²) in [5.74, 6) is -0.0337. The normalized spacial score (nSPS) is 10.5. The Morgan fingerprint density at radius 2 is 2.10 bits per heavy atom. The van der Waals surface area contributed by atoms with Crippen LogP contribution in [0.4, 0.5) is 0 Å². The van der Waals surface area contributed by atoms with Crippen molar-refractivity contribution in [3.05, 3.63) is 40.9 Å². The molecular weight excluding hydrogens is 270 g/mol. The fourth-order valence-corrected chi connectivity index (χ4v) is 2.67. The first-order valence-corrected chi connectivity index (χ1v) is 7.61. The molecule has 3 N–H and O–H groups in total. The molecule has 0 fully saturated rings. The molecule has 0 saturated heterocycles. The second-order valence-electron chi connectivity index (χ2n) is 4.51. The van der Waals surface area contributed by atoms with Gasteiger partial charge >= 0.3 is 0 Å². The number of thiazole rings is 1. The molecule has 1 amide bonds. The number of aromatic nitrogens is 1. The molecular formula is C15H19N3OS. The van der Waals surface area contributed by atoms with E-state index in [2.05, 4.69) is 41.5 Å². The van der Waals surface area contributed by atoms with Gasteiger partial charge in [0.1, 0.15) is 5.01 Å². The van der Waals surface area contributed by atoms with Crippen LogP contribution < -0.4 is 11.1 Å². The molecule has 106 valence electrons. The zero-order valence-electron chi connectivity index (χ0n) is 11.6. The van der Waals surface area contributed by atoms with E-state index in [0.717, 1.165) is 22.7 Å². The first-order valence-electron chi connectivity index (χ1n) is 6.73. The van der Waals surface area contributed by atoms with Crippen LogP contribution in [0.25, 0.3) is 10.6 Å². The molecule has 20 heavy (non-hydrogen) atoms. The van der Waals surface area contributed by atoms with Crippen molar-refractivity contribution >= 4 is 17.2 Å². The number of aryl methyl sites for hydroxylation is 1. The fourth-order valence-electron chi connectivity index (χ4n) is 1.84. The quantitative estimate of drug-likeness (QED) is 0.854. The van der Waals surface area contributed by atoms with Crippen molar-refractivity contribution in [1.29, 1.82) is 0 Å². The number of carbonyl (C=O) groups excluding carboxylic acids is 1. The third kappa shape index (κ3) is 3.88. The van der Waals surface area contributed by atoms with Gasteiger partial charge in [-0.15, -0.1) is 11.3 Å². The lowest BCUT2D eigenvalue weighted by Gasteiger charge is -2.01. The molecule has 4 nitrogen and oxygen atoms in total. The van der Waals surface area contributed by atoms with Gasteiger partial charge in [0.25, 0.3) is 0 Å². The number of nitrogens with two attached hydrogens (primary N) is 1. The molecule has 0 radical (unpaired) electrons. The second-order valence-corrected chi connectivity index (χ2v) is 5.37. The van der Waals surface area contributed by atoms with Gasteiger partial charge in [-0.2, -0.15) is 0 Å². The Morgan fingerprint density at radius 3 is 2.75 bits per heavy atom. The number of rotatable bonds is 6. The SMILES string of the molecule is CCc1ccc(-c2nc(CC(=O)NCCN)cs2)cc1. The van der Waals surface area contributed by atoms with Gasteiger partial charge in [-0.25, -0.2) is 4.98 Å². The summed E-state index contributed by atoms with van der Waals surface area (Å²) in [4.78, 5) is 16.1. The second kappa shape index (κ2) is 7.17. The lowest BCUT2D eigenvalue weighted by Crippen LogP contribution is -2.30. The van der Waals surface area contributed by atoms with E-state index in [9.17, 15) is 4.79 Å². The third-order valence-corrected chi connectivity index (χ3v) is 3.91. The zero-order chi connectivity index (χ0) is 14.4. The minimum Gasteiger partial charge on any atom is -0.354 e. The van der Waals surface area contributed by atoms with Crippen LogP contribution in [0.3, 0.4) is 0 Å². The molecule has 2 rings (SSSR count). The smallest absolute Gasteiger partial charge is 0.226 e. The third-order valence-electron chi connectivity index (χ3n) is 2.97. The Kier molecular flexibility index (Phi) is 5.26. The Labute approximate surface area is 123 Å². The molecule has 0 atom stereocenters.